The second kappa shape index (κ2) is 8.34. The van der Waals surface area contributed by atoms with Crippen LogP contribution in [0.2, 0.25) is 0 Å². The molecule has 0 aromatic heterocycles. The molecular formula is C22H23NO6. The number of carbonyl (C=O) groups is 3. The highest BCUT2D eigenvalue weighted by Gasteiger charge is 2.30. The number of Topliss-reactive ketones (excluding diaryl/α,β-unsaturated/α-hetero) is 1. The molecule has 0 radical (unpaired) electrons. The van der Waals surface area contributed by atoms with Crippen LogP contribution in [-0.2, 0) is 9.53 Å². The highest BCUT2D eigenvalue weighted by molar-refractivity contribution is 6.04. The van der Waals surface area contributed by atoms with E-state index >= 15 is 0 Å². The Morgan fingerprint density at radius 2 is 1.93 bits per heavy atom. The summed E-state index contributed by atoms with van der Waals surface area (Å²) < 4.78 is 16.3. The summed E-state index contributed by atoms with van der Waals surface area (Å²) in [6, 6.07) is 11.4. The number of anilines is 1. The number of hydrogen-bond donors (Lipinski definition) is 0. The molecule has 7 nitrogen and oxygen atoms in total. The number of amides is 1. The molecule has 152 valence electrons. The van der Waals surface area contributed by atoms with Crippen molar-refractivity contribution >= 4 is 23.3 Å². The van der Waals surface area contributed by atoms with E-state index in [-0.39, 0.29) is 18.3 Å². The number of benzene rings is 2. The van der Waals surface area contributed by atoms with E-state index in [1.54, 1.807) is 64.2 Å². The van der Waals surface area contributed by atoms with Gasteiger partial charge in [-0.25, -0.2) is 4.79 Å². The van der Waals surface area contributed by atoms with Gasteiger partial charge >= 0.3 is 5.97 Å². The first-order valence-electron chi connectivity index (χ1n) is 9.38. The van der Waals surface area contributed by atoms with Crippen LogP contribution < -0.4 is 14.4 Å². The molecular weight excluding hydrogens is 374 g/mol. The van der Waals surface area contributed by atoms with Gasteiger partial charge in [0, 0.05) is 12.6 Å². The summed E-state index contributed by atoms with van der Waals surface area (Å²) in [6.45, 7) is 5.32. The van der Waals surface area contributed by atoms with E-state index in [0.717, 1.165) is 0 Å². The van der Waals surface area contributed by atoms with Gasteiger partial charge in [0.15, 0.2) is 12.2 Å². The third-order valence-corrected chi connectivity index (χ3v) is 4.61. The molecule has 2 unspecified atom stereocenters. The highest BCUT2D eigenvalue weighted by Crippen LogP contribution is 2.34. The van der Waals surface area contributed by atoms with Crippen molar-refractivity contribution in [1.82, 2.24) is 0 Å². The van der Waals surface area contributed by atoms with E-state index in [1.165, 1.54) is 11.0 Å². The molecule has 0 N–H and O–H groups in total. The smallest absolute Gasteiger partial charge is 0.338 e. The van der Waals surface area contributed by atoms with Gasteiger partial charge in [-0.2, -0.15) is 0 Å². The number of ketones is 1. The molecule has 0 saturated carbocycles. The van der Waals surface area contributed by atoms with Crippen LogP contribution in [-0.4, -0.2) is 43.5 Å². The van der Waals surface area contributed by atoms with Crippen molar-refractivity contribution < 1.29 is 28.6 Å². The Bertz CT molecular complexity index is 954. The van der Waals surface area contributed by atoms with Crippen molar-refractivity contribution in [2.45, 2.75) is 33.0 Å². The van der Waals surface area contributed by atoms with Gasteiger partial charge in [-0.3, -0.25) is 9.59 Å². The fraction of sp³-hybridized carbons (Fsp3) is 0.318. The second-order valence-electron chi connectivity index (χ2n) is 6.71. The minimum absolute atomic E-state index is 0.179. The number of fused-ring (bicyclic) bond motifs is 1. The van der Waals surface area contributed by atoms with Crippen LogP contribution in [0.15, 0.2) is 42.5 Å². The van der Waals surface area contributed by atoms with Crippen LogP contribution in [0.1, 0.15) is 41.5 Å². The Balaban J connectivity index is 1.77. The lowest BCUT2D eigenvalue weighted by atomic mass is 10.0. The van der Waals surface area contributed by atoms with Gasteiger partial charge in [0.05, 0.1) is 17.9 Å². The lowest BCUT2D eigenvalue weighted by Crippen LogP contribution is -2.42. The number of likely N-dealkylation sites (N-methyl/N-ethyl adjacent to an activating group) is 1. The lowest BCUT2D eigenvalue weighted by molar-refractivity contribution is -0.125. The third-order valence-electron chi connectivity index (χ3n) is 4.61. The maximum Gasteiger partial charge on any atom is 0.338 e. The third kappa shape index (κ3) is 4.23. The minimum atomic E-state index is -0.796. The summed E-state index contributed by atoms with van der Waals surface area (Å²) in [4.78, 5) is 38.3. The number of hydrogen-bond acceptors (Lipinski definition) is 6. The van der Waals surface area contributed by atoms with Gasteiger partial charge in [0.2, 0.25) is 5.78 Å². The monoisotopic (exact) mass is 397 g/mol. The van der Waals surface area contributed by atoms with Crippen LogP contribution in [0.25, 0.3) is 0 Å². The summed E-state index contributed by atoms with van der Waals surface area (Å²) in [6.07, 6.45) is -1.36. The fourth-order valence-corrected chi connectivity index (χ4v) is 3.07. The molecule has 0 fully saturated rings. The standard InChI is InChI=1S/C22H23NO6/c1-5-27-22(26)16-7-6-8-17(11-16)28-13(2)20(24)15-9-10-19-18(12-15)23(4)21(25)14(3)29-19/h6-14H,5H2,1-4H3. The predicted molar refractivity (Wildman–Crippen MR) is 107 cm³/mol. The molecule has 1 aliphatic rings. The zero-order valence-electron chi connectivity index (χ0n) is 16.8. The Kier molecular flexibility index (Phi) is 5.87. The highest BCUT2D eigenvalue weighted by atomic mass is 16.5. The number of nitrogens with zero attached hydrogens (tertiary/aromatic N) is 1. The molecule has 2 aromatic rings. The van der Waals surface area contributed by atoms with E-state index in [9.17, 15) is 14.4 Å². The first-order chi connectivity index (χ1) is 13.8. The summed E-state index contributed by atoms with van der Waals surface area (Å²) in [5, 5.41) is 0. The van der Waals surface area contributed by atoms with Crippen LogP contribution in [0.4, 0.5) is 5.69 Å². The first kappa shape index (κ1) is 20.4. The molecule has 29 heavy (non-hydrogen) atoms. The first-order valence-corrected chi connectivity index (χ1v) is 9.38. The normalized spacial score (nSPS) is 16.5. The number of esters is 1. The zero-order chi connectivity index (χ0) is 21.1. The van der Waals surface area contributed by atoms with Crippen molar-refractivity contribution in [2.24, 2.45) is 0 Å². The molecule has 1 aliphatic heterocycles. The molecule has 1 heterocycles. The fourth-order valence-electron chi connectivity index (χ4n) is 3.07. The van der Waals surface area contributed by atoms with E-state index in [0.29, 0.717) is 28.3 Å². The molecule has 0 saturated heterocycles. The zero-order valence-corrected chi connectivity index (χ0v) is 16.8. The summed E-state index contributed by atoms with van der Waals surface area (Å²) in [7, 11) is 1.65. The van der Waals surface area contributed by atoms with Crippen LogP contribution in [0, 0.1) is 0 Å². The van der Waals surface area contributed by atoms with E-state index in [2.05, 4.69) is 0 Å². The van der Waals surface area contributed by atoms with Gasteiger partial charge < -0.3 is 19.1 Å². The van der Waals surface area contributed by atoms with E-state index in [1.807, 2.05) is 0 Å². The van der Waals surface area contributed by atoms with Gasteiger partial charge in [-0.05, 0) is 57.2 Å². The lowest BCUT2D eigenvalue weighted by Gasteiger charge is -2.30. The van der Waals surface area contributed by atoms with Crippen molar-refractivity contribution in [3.8, 4) is 11.5 Å². The summed E-state index contributed by atoms with van der Waals surface area (Å²) in [5.41, 5.74) is 1.29. The molecule has 2 atom stereocenters. The Morgan fingerprint density at radius 3 is 2.66 bits per heavy atom. The minimum Gasteiger partial charge on any atom is -0.483 e. The Hall–Kier alpha value is -3.35. The average molecular weight is 397 g/mol. The van der Waals surface area contributed by atoms with Crippen LogP contribution in [0.5, 0.6) is 11.5 Å². The predicted octanol–water partition coefficient (Wildman–Crippen LogP) is 3.26. The molecule has 2 aromatic carbocycles. The molecule has 0 spiro atoms. The quantitative estimate of drug-likeness (QED) is 0.550. The van der Waals surface area contributed by atoms with Crippen molar-refractivity contribution in [1.29, 1.82) is 0 Å². The van der Waals surface area contributed by atoms with Crippen molar-refractivity contribution in [3.63, 3.8) is 0 Å². The summed E-state index contributed by atoms with van der Waals surface area (Å²) >= 11 is 0. The van der Waals surface area contributed by atoms with E-state index < -0.39 is 18.2 Å². The van der Waals surface area contributed by atoms with Gasteiger partial charge in [0.25, 0.3) is 5.91 Å². The summed E-state index contributed by atoms with van der Waals surface area (Å²) in [5.74, 6) is 0.0511. The van der Waals surface area contributed by atoms with Crippen molar-refractivity contribution in [2.75, 3.05) is 18.6 Å². The van der Waals surface area contributed by atoms with Gasteiger partial charge in [-0.15, -0.1) is 0 Å². The number of carbonyl (C=O) groups excluding carboxylic acids is 3. The van der Waals surface area contributed by atoms with Crippen LogP contribution in [0.3, 0.4) is 0 Å². The van der Waals surface area contributed by atoms with Crippen molar-refractivity contribution in [3.05, 3.63) is 53.6 Å². The molecule has 0 bridgehead atoms. The van der Waals surface area contributed by atoms with Gasteiger partial charge in [-0.1, -0.05) is 6.07 Å². The second-order valence-corrected chi connectivity index (χ2v) is 6.71. The topological polar surface area (TPSA) is 82.1 Å². The molecule has 7 heteroatoms. The maximum atomic E-state index is 12.8. The SMILES string of the molecule is CCOC(=O)c1cccc(OC(C)C(=O)c2ccc3c(c2)N(C)C(=O)C(C)O3)c1. The Morgan fingerprint density at radius 1 is 1.17 bits per heavy atom. The maximum absolute atomic E-state index is 12.8. The Labute approximate surface area is 169 Å². The largest absolute Gasteiger partial charge is 0.483 e. The molecule has 1 amide bonds. The molecule has 0 aliphatic carbocycles. The number of rotatable bonds is 6. The number of ether oxygens (including phenoxy) is 3. The van der Waals surface area contributed by atoms with Crippen LogP contribution >= 0.6 is 0 Å². The van der Waals surface area contributed by atoms with Gasteiger partial charge in [0.1, 0.15) is 11.5 Å². The molecule has 3 rings (SSSR count). The van der Waals surface area contributed by atoms with E-state index in [4.69, 9.17) is 14.2 Å². The average Bonchev–Trinajstić information content (AvgIpc) is 2.71.